The molecule has 3 heteroatoms. The average Bonchev–Trinajstić information content (AvgIpc) is 1.98. The molecule has 0 aromatic carbocycles. The minimum absolute atomic E-state index is 0.292. The number of hydrogen-bond donors (Lipinski definition) is 2. The summed E-state index contributed by atoms with van der Waals surface area (Å²) in [5.74, 6) is 0. The van der Waals surface area contributed by atoms with Crippen LogP contribution in [0.3, 0.4) is 0 Å². The van der Waals surface area contributed by atoms with E-state index in [4.69, 9.17) is 5.11 Å². The summed E-state index contributed by atoms with van der Waals surface area (Å²) < 4.78 is 0. The molecule has 66 valence electrons. The molecule has 0 amide bonds. The molecule has 2 N–H and O–H groups in total. The van der Waals surface area contributed by atoms with E-state index in [1.807, 2.05) is 0 Å². The van der Waals surface area contributed by atoms with E-state index in [1.165, 1.54) is 0 Å². The Kier molecular flexibility index (Phi) is 3.30. The van der Waals surface area contributed by atoms with Gasteiger partial charge < -0.3 is 15.3 Å². The van der Waals surface area contributed by atoms with Crippen molar-refractivity contribution in [1.82, 2.24) is 10.2 Å². The first-order valence-corrected chi connectivity index (χ1v) is 4.28. The van der Waals surface area contributed by atoms with Gasteiger partial charge in [0.2, 0.25) is 0 Å². The highest BCUT2D eigenvalue weighted by Crippen LogP contribution is 2.05. The highest BCUT2D eigenvalue weighted by Gasteiger charge is 2.20. The lowest BCUT2D eigenvalue weighted by atomic mass is 10.1. The second kappa shape index (κ2) is 4.04. The average molecular weight is 158 g/mol. The van der Waals surface area contributed by atoms with Crippen LogP contribution in [0, 0.1) is 0 Å². The maximum absolute atomic E-state index is 8.71. The number of likely N-dealkylation sites (N-methyl/N-ethyl adjacent to an activating group) is 1. The molecule has 0 aliphatic carbocycles. The highest BCUT2D eigenvalue weighted by atomic mass is 16.3. The molecular formula is C8H18N2O. The van der Waals surface area contributed by atoms with Gasteiger partial charge in [-0.05, 0) is 20.4 Å². The maximum Gasteiger partial charge on any atom is 0.0446 e. The van der Waals surface area contributed by atoms with Crippen LogP contribution in [-0.2, 0) is 0 Å². The van der Waals surface area contributed by atoms with Crippen molar-refractivity contribution in [2.24, 2.45) is 0 Å². The van der Waals surface area contributed by atoms with E-state index in [-0.39, 0.29) is 0 Å². The molecule has 0 spiro atoms. The lowest BCUT2D eigenvalue weighted by Gasteiger charge is -2.35. The van der Waals surface area contributed by atoms with E-state index in [0.29, 0.717) is 18.7 Å². The normalized spacial score (nSPS) is 34.1. The minimum atomic E-state index is 0.292. The van der Waals surface area contributed by atoms with Crippen molar-refractivity contribution in [3.8, 4) is 0 Å². The van der Waals surface area contributed by atoms with Gasteiger partial charge in [0.05, 0.1) is 0 Å². The van der Waals surface area contributed by atoms with E-state index in [2.05, 4.69) is 24.2 Å². The monoisotopic (exact) mass is 158 g/mol. The Morgan fingerprint density at radius 2 is 2.36 bits per heavy atom. The van der Waals surface area contributed by atoms with E-state index >= 15 is 0 Å². The van der Waals surface area contributed by atoms with E-state index in [9.17, 15) is 0 Å². The largest absolute Gasteiger partial charge is 0.396 e. The first-order chi connectivity index (χ1) is 5.24. The van der Waals surface area contributed by atoms with Crippen LogP contribution in [0.2, 0.25) is 0 Å². The lowest BCUT2D eigenvalue weighted by Crippen LogP contribution is -2.53. The molecule has 1 rings (SSSR count). The SMILES string of the molecule is CC1CNC(CCO)CN1C. The third-order valence-corrected chi connectivity index (χ3v) is 2.44. The molecule has 2 unspecified atom stereocenters. The van der Waals surface area contributed by atoms with Crippen LogP contribution < -0.4 is 5.32 Å². The van der Waals surface area contributed by atoms with Crippen LogP contribution in [0.5, 0.6) is 0 Å². The predicted molar refractivity (Wildman–Crippen MR) is 45.6 cm³/mol. The Hall–Kier alpha value is -0.120. The van der Waals surface area contributed by atoms with Gasteiger partial charge in [0, 0.05) is 31.8 Å². The lowest BCUT2D eigenvalue weighted by molar-refractivity contribution is 0.154. The fourth-order valence-electron chi connectivity index (χ4n) is 1.43. The summed E-state index contributed by atoms with van der Waals surface area (Å²) in [7, 11) is 2.13. The molecule has 0 aromatic heterocycles. The fraction of sp³-hybridized carbons (Fsp3) is 1.00. The van der Waals surface area contributed by atoms with E-state index in [0.717, 1.165) is 19.5 Å². The van der Waals surface area contributed by atoms with Crippen molar-refractivity contribution in [3.05, 3.63) is 0 Å². The van der Waals surface area contributed by atoms with Crippen molar-refractivity contribution >= 4 is 0 Å². The molecule has 0 saturated carbocycles. The van der Waals surface area contributed by atoms with Gasteiger partial charge in [-0.3, -0.25) is 0 Å². The number of aliphatic hydroxyl groups excluding tert-OH is 1. The molecule has 1 aliphatic heterocycles. The van der Waals surface area contributed by atoms with Crippen molar-refractivity contribution in [3.63, 3.8) is 0 Å². The zero-order valence-corrected chi connectivity index (χ0v) is 7.38. The number of nitrogens with one attached hydrogen (secondary N) is 1. The van der Waals surface area contributed by atoms with Gasteiger partial charge in [-0.25, -0.2) is 0 Å². The van der Waals surface area contributed by atoms with Gasteiger partial charge in [-0.15, -0.1) is 0 Å². The minimum Gasteiger partial charge on any atom is -0.396 e. The number of piperazine rings is 1. The standard InChI is InChI=1S/C8H18N2O/c1-7-5-9-8(3-4-11)6-10(7)2/h7-9,11H,3-6H2,1-2H3. The smallest absolute Gasteiger partial charge is 0.0446 e. The maximum atomic E-state index is 8.71. The van der Waals surface area contributed by atoms with Gasteiger partial charge in [0.25, 0.3) is 0 Å². The molecule has 1 fully saturated rings. The van der Waals surface area contributed by atoms with Crippen molar-refractivity contribution < 1.29 is 5.11 Å². The Morgan fingerprint density at radius 3 is 2.91 bits per heavy atom. The zero-order valence-electron chi connectivity index (χ0n) is 7.38. The summed E-state index contributed by atoms with van der Waals surface area (Å²) in [6.45, 7) is 4.60. The number of aliphatic hydroxyl groups is 1. The van der Waals surface area contributed by atoms with Crippen LogP contribution in [-0.4, -0.2) is 48.8 Å². The molecule has 1 heterocycles. The molecule has 3 nitrogen and oxygen atoms in total. The molecular weight excluding hydrogens is 140 g/mol. The molecule has 1 saturated heterocycles. The third-order valence-electron chi connectivity index (χ3n) is 2.44. The third kappa shape index (κ3) is 2.43. The van der Waals surface area contributed by atoms with Crippen LogP contribution in [0.15, 0.2) is 0 Å². The molecule has 2 atom stereocenters. The van der Waals surface area contributed by atoms with Gasteiger partial charge in [-0.2, -0.15) is 0 Å². The van der Waals surface area contributed by atoms with Gasteiger partial charge in [0.15, 0.2) is 0 Å². The summed E-state index contributed by atoms with van der Waals surface area (Å²) in [5.41, 5.74) is 0. The Morgan fingerprint density at radius 1 is 1.64 bits per heavy atom. The number of rotatable bonds is 2. The van der Waals surface area contributed by atoms with Gasteiger partial charge in [-0.1, -0.05) is 0 Å². The Labute approximate surface area is 68.4 Å². The van der Waals surface area contributed by atoms with Crippen LogP contribution >= 0.6 is 0 Å². The van der Waals surface area contributed by atoms with Crippen LogP contribution in [0.4, 0.5) is 0 Å². The molecule has 11 heavy (non-hydrogen) atoms. The number of nitrogens with zero attached hydrogens (tertiary/aromatic N) is 1. The molecule has 0 radical (unpaired) electrons. The predicted octanol–water partition coefficient (Wildman–Crippen LogP) is -0.339. The summed E-state index contributed by atoms with van der Waals surface area (Å²) >= 11 is 0. The Bertz CT molecular complexity index is 119. The molecule has 0 bridgehead atoms. The summed E-state index contributed by atoms with van der Waals surface area (Å²) in [5, 5.41) is 12.1. The highest BCUT2D eigenvalue weighted by molar-refractivity contribution is 4.81. The second-order valence-corrected chi connectivity index (χ2v) is 3.41. The van der Waals surface area contributed by atoms with Crippen molar-refractivity contribution in [2.45, 2.75) is 25.4 Å². The van der Waals surface area contributed by atoms with Crippen LogP contribution in [0.1, 0.15) is 13.3 Å². The first-order valence-electron chi connectivity index (χ1n) is 4.28. The quantitative estimate of drug-likeness (QED) is 0.577. The van der Waals surface area contributed by atoms with E-state index < -0.39 is 0 Å². The molecule has 0 aromatic rings. The van der Waals surface area contributed by atoms with Crippen molar-refractivity contribution in [2.75, 3.05) is 26.7 Å². The fourth-order valence-corrected chi connectivity index (χ4v) is 1.43. The number of hydrogen-bond acceptors (Lipinski definition) is 3. The van der Waals surface area contributed by atoms with Gasteiger partial charge >= 0.3 is 0 Å². The summed E-state index contributed by atoms with van der Waals surface area (Å²) in [6.07, 6.45) is 0.872. The molecule has 1 aliphatic rings. The van der Waals surface area contributed by atoms with E-state index in [1.54, 1.807) is 0 Å². The van der Waals surface area contributed by atoms with Crippen LogP contribution in [0.25, 0.3) is 0 Å². The topological polar surface area (TPSA) is 35.5 Å². The summed E-state index contributed by atoms with van der Waals surface area (Å²) in [6, 6.07) is 1.12. The van der Waals surface area contributed by atoms with Gasteiger partial charge in [0.1, 0.15) is 0 Å². The second-order valence-electron chi connectivity index (χ2n) is 3.41. The Balaban J connectivity index is 2.28. The summed E-state index contributed by atoms with van der Waals surface area (Å²) in [4.78, 5) is 2.33. The van der Waals surface area contributed by atoms with Crippen molar-refractivity contribution in [1.29, 1.82) is 0 Å². The first kappa shape index (κ1) is 8.97. The zero-order chi connectivity index (χ0) is 8.27.